The zero-order chi connectivity index (χ0) is 58.9. The Bertz CT molecular complexity index is 2980. The number of esters is 6. The molecule has 0 spiro atoms. The number of nitrogens with zero attached hydrogens (tertiary/aromatic N) is 3. The Hall–Kier alpha value is -7.94. The number of fused-ring (bicyclic) bond motifs is 1. The van der Waals surface area contributed by atoms with Crippen LogP contribution < -0.4 is 33.4 Å². The smallest absolute Gasteiger partial charge is 0.330 e. The highest BCUT2D eigenvalue weighted by Crippen LogP contribution is 2.36. The summed E-state index contributed by atoms with van der Waals surface area (Å²) in [6, 6.07) is 26.3. The maximum absolute atomic E-state index is 13.9. The minimum Gasteiger partial charge on any atom is -0.494 e. The molecule has 2 aliphatic carbocycles. The minimum atomic E-state index is -0.570. The molecule has 4 aromatic carbocycles. The summed E-state index contributed by atoms with van der Waals surface area (Å²) in [5.74, 6) is -1.72. The van der Waals surface area contributed by atoms with Gasteiger partial charge in [0.1, 0.15) is 34.5 Å². The zero-order valence-electron chi connectivity index (χ0n) is 47.2. The molecule has 84 heavy (non-hydrogen) atoms. The van der Waals surface area contributed by atoms with E-state index < -0.39 is 53.8 Å². The fourth-order valence-corrected chi connectivity index (χ4v) is 10.7. The van der Waals surface area contributed by atoms with E-state index in [2.05, 4.69) is 13.2 Å². The Morgan fingerprint density at radius 2 is 0.964 bits per heavy atom. The summed E-state index contributed by atoms with van der Waals surface area (Å²) >= 11 is 1.44. The van der Waals surface area contributed by atoms with Crippen LogP contribution >= 0.6 is 11.3 Å². The molecule has 1 aromatic heterocycles. The number of para-hydroxylation sites is 1. The van der Waals surface area contributed by atoms with Gasteiger partial charge in [-0.2, -0.15) is 5.10 Å². The van der Waals surface area contributed by atoms with Gasteiger partial charge in [0, 0.05) is 17.7 Å². The normalized spacial score (nSPS) is 17.9. The minimum absolute atomic E-state index is 0.189. The van der Waals surface area contributed by atoms with E-state index in [-0.39, 0.29) is 30.0 Å². The monoisotopic (exact) mass is 1170 g/mol. The SMILES string of the molecule is C=CC(=O)OCCCCCCOc1ccc(OC(=O)C2CCC(C(=O)Oc3ccc(OC(=O)C4CCC(C(=O)Oc5ccc(OCCCCCCOC(=O)C=C)cc5)CC4)c(C=NN(CC4OCCO4)c4nc5ccccc5s4)c3)CC2)cc1. The zero-order valence-corrected chi connectivity index (χ0v) is 48.1. The van der Waals surface area contributed by atoms with E-state index in [4.69, 9.17) is 57.5 Å². The van der Waals surface area contributed by atoms with E-state index in [9.17, 15) is 28.8 Å². The first-order valence-electron chi connectivity index (χ1n) is 29.0. The molecule has 2 heterocycles. The van der Waals surface area contributed by atoms with Crippen LogP contribution in [0.15, 0.2) is 121 Å². The lowest BCUT2D eigenvalue weighted by Gasteiger charge is -2.26. The van der Waals surface area contributed by atoms with Crippen molar-refractivity contribution in [2.75, 3.05) is 51.2 Å². The van der Waals surface area contributed by atoms with Gasteiger partial charge in [0.2, 0.25) is 5.13 Å². The number of ether oxygens (including phenoxy) is 10. The van der Waals surface area contributed by atoms with Gasteiger partial charge in [0.15, 0.2) is 6.29 Å². The number of thiazole rings is 1. The molecule has 446 valence electrons. The number of hydrogen-bond acceptors (Lipinski definition) is 20. The molecule has 19 nitrogen and oxygen atoms in total. The van der Waals surface area contributed by atoms with Gasteiger partial charge in [-0.25, -0.2) is 19.6 Å². The van der Waals surface area contributed by atoms with Crippen LogP contribution in [0.2, 0.25) is 0 Å². The summed E-state index contributed by atoms with van der Waals surface area (Å²) in [6.45, 7) is 9.65. The predicted octanol–water partition coefficient (Wildman–Crippen LogP) is 11.5. The number of carbonyl (C=O) groups is 6. The average Bonchev–Trinajstić information content (AvgIpc) is 4.40. The molecular formula is C64H73N3O16S. The number of aromatic nitrogens is 1. The highest BCUT2D eigenvalue weighted by molar-refractivity contribution is 7.22. The van der Waals surface area contributed by atoms with Crippen LogP contribution in [0.3, 0.4) is 0 Å². The van der Waals surface area contributed by atoms with Crippen LogP contribution in [0.5, 0.6) is 34.5 Å². The van der Waals surface area contributed by atoms with Crippen LogP contribution in [0.4, 0.5) is 5.13 Å². The molecule has 0 N–H and O–H groups in total. The van der Waals surface area contributed by atoms with Crippen molar-refractivity contribution in [3.63, 3.8) is 0 Å². The van der Waals surface area contributed by atoms with Crippen molar-refractivity contribution in [1.82, 2.24) is 4.98 Å². The maximum atomic E-state index is 13.9. The van der Waals surface area contributed by atoms with Crippen molar-refractivity contribution in [1.29, 1.82) is 0 Å². The van der Waals surface area contributed by atoms with Crippen molar-refractivity contribution >= 4 is 68.7 Å². The number of anilines is 1. The van der Waals surface area contributed by atoms with E-state index in [0.717, 1.165) is 73.7 Å². The first kappa shape index (κ1) is 62.1. The topological polar surface area (TPSA) is 223 Å². The van der Waals surface area contributed by atoms with Crippen LogP contribution in [0.1, 0.15) is 108 Å². The van der Waals surface area contributed by atoms with Crippen LogP contribution in [-0.2, 0) is 47.7 Å². The molecule has 1 saturated heterocycles. The van der Waals surface area contributed by atoms with Crippen molar-refractivity contribution < 1.29 is 76.1 Å². The highest BCUT2D eigenvalue weighted by Gasteiger charge is 2.34. The summed E-state index contributed by atoms with van der Waals surface area (Å²) in [5, 5.41) is 7.09. The number of carbonyl (C=O) groups excluding carboxylic acids is 6. The molecule has 3 fully saturated rings. The third-order valence-corrected chi connectivity index (χ3v) is 15.6. The largest absolute Gasteiger partial charge is 0.494 e. The van der Waals surface area contributed by atoms with E-state index in [1.165, 1.54) is 17.6 Å². The lowest BCUT2D eigenvalue weighted by molar-refractivity contribution is -0.145. The molecule has 0 amide bonds. The van der Waals surface area contributed by atoms with Crippen molar-refractivity contribution in [3.05, 3.63) is 122 Å². The first-order valence-corrected chi connectivity index (χ1v) is 29.8. The summed E-state index contributed by atoms with van der Waals surface area (Å²) in [5.41, 5.74) is 1.15. The third kappa shape index (κ3) is 19.6. The molecular weight excluding hydrogens is 1100 g/mol. The molecule has 0 atom stereocenters. The number of hydrogen-bond donors (Lipinski definition) is 0. The first-order chi connectivity index (χ1) is 41.0. The fourth-order valence-electron chi connectivity index (χ4n) is 9.80. The molecule has 0 radical (unpaired) electrons. The van der Waals surface area contributed by atoms with Gasteiger partial charge < -0.3 is 47.4 Å². The average molecular weight is 1170 g/mol. The van der Waals surface area contributed by atoms with E-state index >= 15 is 0 Å². The second-order valence-corrected chi connectivity index (χ2v) is 21.7. The maximum Gasteiger partial charge on any atom is 0.330 e. The summed E-state index contributed by atoms with van der Waals surface area (Å²) in [7, 11) is 0. The Balaban J connectivity index is 0.832. The second kappa shape index (κ2) is 32.8. The molecule has 1 aliphatic heterocycles. The number of hydrazone groups is 1. The summed E-state index contributed by atoms with van der Waals surface area (Å²) < 4.78 is 57.8. The quantitative estimate of drug-likeness (QED) is 0.0100. The lowest BCUT2D eigenvalue weighted by Crippen LogP contribution is -2.31. The Labute approximate surface area is 493 Å². The Kier molecular flexibility index (Phi) is 24.2. The second-order valence-electron chi connectivity index (χ2n) is 20.7. The molecule has 20 heteroatoms. The molecule has 8 rings (SSSR count). The van der Waals surface area contributed by atoms with E-state index in [1.807, 2.05) is 24.3 Å². The Morgan fingerprint density at radius 3 is 1.44 bits per heavy atom. The number of benzene rings is 4. The van der Waals surface area contributed by atoms with Crippen LogP contribution in [0, 0.1) is 23.7 Å². The van der Waals surface area contributed by atoms with Gasteiger partial charge in [-0.15, -0.1) is 0 Å². The highest BCUT2D eigenvalue weighted by atomic mass is 32.1. The van der Waals surface area contributed by atoms with Gasteiger partial charge in [0.05, 0.1) is 86.3 Å². The van der Waals surface area contributed by atoms with Gasteiger partial charge in [-0.05, 0) is 182 Å². The molecule has 0 bridgehead atoms. The molecule has 2 saturated carbocycles. The molecule has 5 aromatic rings. The van der Waals surface area contributed by atoms with Gasteiger partial charge in [0.25, 0.3) is 0 Å². The third-order valence-electron chi connectivity index (χ3n) is 14.6. The van der Waals surface area contributed by atoms with E-state index in [0.29, 0.717) is 125 Å². The summed E-state index contributed by atoms with van der Waals surface area (Å²) in [4.78, 5) is 81.4. The standard InChI is InChI=1S/C64H73N3O16S/c1-3-57(68)76-37-13-7-5-11-35-74-49-25-29-51(30-26-49)80-60(70)44-17-19-46(20-18-44)62(72)82-53-33-34-55(48(41-53)42-65-67(43-59-78-39-40-79-59)64-66-54-15-9-10-16-56(54)84-64)83-63(73)47-23-21-45(22-24-47)61(71)81-52-31-27-50(28-32-52)75-36-12-6-8-14-38-77-58(69)4-2/h3-4,9-10,15-16,25-34,41-42,44-47,59H,1-2,5-8,11-14,17-24,35-40,43H2. The number of rotatable bonds is 31. The van der Waals surface area contributed by atoms with Crippen molar-refractivity contribution in [3.8, 4) is 34.5 Å². The lowest BCUT2D eigenvalue weighted by atomic mass is 9.82. The fraction of sp³-hybridized carbons (Fsp3) is 0.438. The molecule has 0 unspecified atom stereocenters. The van der Waals surface area contributed by atoms with Gasteiger partial charge >= 0.3 is 35.8 Å². The summed E-state index contributed by atoms with van der Waals surface area (Å²) in [6.07, 6.45) is 13.6. The van der Waals surface area contributed by atoms with Crippen LogP contribution in [-0.4, -0.2) is 99.5 Å². The van der Waals surface area contributed by atoms with Crippen molar-refractivity contribution in [2.45, 2.75) is 109 Å². The van der Waals surface area contributed by atoms with E-state index in [1.54, 1.807) is 71.7 Å². The van der Waals surface area contributed by atoms with Gasteiger partial charge in [-0.1, -0.05) is 36.6 Å². The van der Waals surface area contributed by atoms with Crippen molar-refractivity contribution in [2.24, 2.45) is 28.8 Å². The molecule has 3 aliphatic rings. The van der Waals surface area contributed by atoms with Gasteiger partial charge in [-0.3, -0.25) is 19.2 Å². The Morgan fingerprint density at radius 1 is 0.536 bits per heavy atom. The number of unbranched alkanes of at least 4 members (excludes halogenated alkanes) is 6. The predicted molar refractivity (Wildman–Crippen MR) is 313 cm³/mol. The van der Waals surface area contributed by atoms with Crippen LogP contribution in [0.25, 0.3) is 10.2 Å².